The summed E-state index contributed by atoms with van der Waals surface area (Å²) >= 11 is 0. The van der Waals surface area contributed by atoms with Gasteiger partial charge in [-0.1, -0.05) is 60.7 Å². The number of carbonyl (C=O) groups is 1. The standard InChI is InChI=1S/C47H61N4O9P/c1-11-27-55-44-42(40-29-50(31-49-40)32-56-45(52)46(6,7)8)59-41(43(44)60-61(58-28-15-26-48)51(33(2)3)34(4)5)30-57-47(35-16-13-12-14-17-35,36-18-22-38(53-9)23-19-36)37-20-24-39(54-10)25-21-37/h11-14,16-25,29,31,33-34,41-44H,1,15,27-28,30,32H2,2-10H3/t41-,42+,43-,44+,61?/m1/s1. The molecule has 2 heterocycles. The second-order valence-corrected chi connectivity index (χ2v) is 17.6. The Morgan fingerprint density at radius 2 is 1.52 bits per heavy atom. The highest BCUT2D eigenvalue weighted by Crippen LogP contribution is 2.52. The van der Waals surface area contributed by atoms with Gasteiger partial charge in [0.25, 0.3) is 8.53 Å². The third-order valence-corrected chi connectivity index (χ3v) is 12.3. The zero-order chi connectivity index (χ0) is 44.2. The largest absolute Gasteiger partial charge is 0.497 e. The number of nitriles is 1. The highest BCUT2D eigenvalue weighted by atomic mass is 31.2. The van der Waals surface area contributed by atoms with Crippen molar-refractivity contribution in [2.45, 2.75) is 104 Å². The highest BCUT2D eigenvalue weighted by molar-refractivity contribution is 7.44. The predicted molar refractivity (Wildman–Crippen MR) is 234 cm³/mol. The Bertz CT molecular complexity index is 1960. The third kappa shape index (κ3) is 11.6. The number of hydrogen-bond donors (Lipinski definition) is 0. The van der Waals surface area contributed by atoms with Gasteiger partial charge in [-0.3, -0.25) is 4.79 Å². The van der Waals surface area contributed by atoms with Crippen LogP contribution in [-0.4, -0.2) is 84.6 Å². The minimum atomic E-state index is -1.75. The van der Waals surface area contributed by atoms with Crippen molar-refractivity contribution in [2.24, 2.45) is 5.41 Å². The smallest absolute Gasteiger partial charge is 0.312 e. The molecule has 1 fully saturated rings. The van der Waals surface area contributed by atoms with Crippen LogP contribution < -0.4 is 9.47 Å². The first-order valence-electron chi connectivity index (χ1n) is 20.6. The molecule has 0 spiro atoms. The van der Waals surface area contributed by atoms with Crippen LogP contribution in [0.4, 0.5) is 0 Å². The maximum atomic E-state index is 12.6. The summed E-state index contributed by atoms with van der Waals surface area (Å²) in [4.78, 5) is 17.4. The molecule has 0 amide bonds. The topological polar surface area (TPSA) is 136 Å². The third-order valence-electron chi connectivity index (χ3n) is 10.1. The first-order chi connectivity index (χ1) is 29.3. The zero-order valence-electron chi connectivity index (χ0n) is 36.9. The first kappa shape index (κ1) is 47.4. The Labute approximate surface area is 362 Å². The van der Waals surface area contributed by atoms with Crippen LogP contribution in [0.2, 0.25) is 0 Å². The number of benzene rings is 3. The van der Waals surface area contributed by atoms with Crippen LogP contribution in [-0.2, 0) is 45.1 Å². The van der Waals surface area contributed by atoms with Gasteiger partial charge in [0.2, 0.25) is 0 Å². The van der Waals surface area contributed by atoms with Crippen LogP contribution in [0.1, 0.15) is 83.4 Å². The number of carbonyl (C=O) groups excluding carboxylic acids is 1. The average Bonchev–Trinajstić information content (AvgIpc) is 3.86. The number of esters is 1. The SMILES string of the molecule is C=CCO[C@@H]1[C@H](OP(OCCC#N)N(C(C)C)C(C)C)[C@@H](COC(c2ccccc2)(c2ccc(OC)cc2)c2ccc(OC)cc2)O[C@H]1c1cn(COC(=O)C(C)(C)C)cn1. The van der Waals surface area contributed by atoms with Gasteiger partial charge in [0, 0.05) is 18.3 Å². The summed E-state index contributed by atoms with van der Waals surface area (Å²) in [6, 6.07) is 28.0. The number of nitrogens with zero attached hydrogens (tertiary/aromatic N) is 4. The second-order valence-electron chi connectivity index (χ2n) is 16.2. The van der Waals surface area contributed by atoms with E-state index in [1.165, 1.54) is 0 Å². The molecule has 3 aromatic carbocycles. The molecule has 1 aliphatic heterocycles. The maximum absolute atomic E-state index is 12.6. The van der Waals surface area contributed by atoms with E-state index in [1.54, 1.807) is 58.2 Å². The van der Waals surface area contributed by atoms with Crippen molar-refractivity contribution in [3.63, 3.8) is 0 Å². The molecule has 0 saturated carbocycles. The number of aromatic nitrogens is 2. The number of hydrogen-bond acceptors (Lipinski definition) is 12. The van der Waals surface area contributed by atoms with Crippen molar-refractivity contribution in [1.29, 1.82) is 5.26 Å². The van der Waals surface area contributed by atoms with Crippen LogP contribution in [0.15, 0.2) is 104 Å². The fraction of sp³-hybridized carbons (Fsp3) is 0.468. The van der Waals surface area contributed by atoms with Crippen molar-refractivity contribution >= 4 is 14.5 Å². The molecule has 1 unspecified atom stereocenters. The lowest BCUT2D eigenvalue weighted by molar-refractivity contribution is -0.156. The lowest BCUT2D eigenvalue weighted by atomic mass is 9.80. The Balaban J connectivity index is 1.63. The first-order valence-corrected chi connectivity index (χ1v) is 21.7. The summed E-state index contributed by atoms with van der Waals surface area (Å²) in [5.74, 6) is 1.07. The van der Waals surface area contributed by atoms with Gasteiger partial charge in [0.1, 0.15) is 41.5 Å². The summed E-state index contributed by atoms with van der Waals surface area (Å²) in [7, 11) is 1.52. The van der Waals surface area contributed by atoms with Crippen molar-refractivity contribution in [3.8, 4) is 17.6 Å². The van der Waals surface area contributed by atoms with E-state index < -0.39 is 44.0 Å². The van der Waals surface area contributed by atoms with Gasteiger partial charge in [0.05, 0.1) is 64.0 Å². The van der Waals surface area contributed by atoms with E-state index in [-0.39, 0.29) is 51.0 Å². The van der Waals surface area contributed by atoms with Crippen molar-refractivity contribution in [3.05, 3.63) is 126 Å². The Morgan fingerprint density at radius 1 is 0.934 bits per heavy atom. The van der Waals surface area contributed by atoms with Gasteiger partial charge < -0.3 is 42.0 Å². The molecule has 14 heteroatoms. The molecule has 0 radical (unpaired) electrons. The van der Waals surface area contributed by atoms with Gasteiger partial charge >= 0.3 is 5.97 Å². The molecule has 328 valence electrons. The van der Waals surface area contributed by atoms with Crippen LogP contribution in [0.3, 0.4) is 0 Å². The van der Waals surface area contributed by atoms with Gasteiger partial charge in [-0.25, -0.2) is 9.65 Å². The number of ether oxygens (including phenoxy) is 6. The molecule has 1 aromatic heterocycles. The molecule has 61 heavy (non-hydrogen) atoms. The fourth-order valence-corrected chi connectivity index (χ4v) is 8.98. The molecule has 0 aliphatic carbocycles. The number of rotatable bonds is 22. The van der Waals surface area contributed by atoms with Crippen molar-refractivity contribution < 1.29 is 42.3 Å². The monoisotopic (exact) mass is 856 g/mol. The van der Waals surface area contributed by atoms with Crippen molar-refractivity contribution in [1.82, 2.24) is 14.2 Å². The molecule has 1 saturated heterocycles. The Morgan fingerprint density at radius 3 is 2.05 bits per heavy atom. The lowest BCUT2D eigenvalue weighted by Crippen LogP contribution is -2.43. The molecule has 4 aromatic rings. The van der Waals surface area contributed by atoms with Crippen LogP contribution >= 0.6 is 8.53 Å². The van der Waals surface area contributed by atoms with E-state index >= 15 is 0 Å². The minimum Gasteiger partial charge on any atom is -0.497 e. The molecular weight excluding hydrogens is 796 g/mol. The van der Waals surface area contributed by atoms with E-state index in [4.69, 9.17) is 42.5 Å². The summed E-state index contributed by atoms with van der Waals surface area (Å²) in [5.41, 5.74) is 1.32. The van der Waals surface area contributed by atoms with Crippen molar-refractivity contribution in [2.75, 3.05) is 34.0 Å². The van der Waals surface area contributed by atoms with Crippen LogP contribution in [0.5, 0.6) is 11.5 Å². The zero-order valence-corrected chi connectivity index (χ0v) is 37.7. The Hall–Kier alpha value is -4.64. The van der Waals surface area contributed by atoms with Gasteiger partial charge in [-0.05, 0) is 89.4 Å². The van der Waals surface area contributed by atoms with E-state index in [0.717, 1.165) is 16.7 Å². The molecule has 5 rings (SSSR count). The quantitative estimate of drug-likeness (QED) is 0.0245. The average molecular weight is 857 g/mol. The molecule has 1 aliphatic rings. The van der Waals surface area contributed by atoms with E-state index in [9.17, 15) is 10.1 Å². The lowest BCUT2D eigenvalue weighted by Gasteiger charge is -2.39. The normalized spacial score (nSPS) is 18.6. The maximum Gasteiger partial charge on any atom is 0.312 e. The summed E-state index contributed by atoms with van der Waals surface area (Å²) in [6.45, 7) is 18.1. The molecule has 13 nitrogen and oxygen atoms in total. The summed E-state index contributed by atoms with van der Waals surface area (Å²) in [6.07, 6.45) is 2.30. The van der Waals surface area contributed by atoms with E-state index in [1.807, 2.05) is 78.9 Å². The highest BCUT2D eigenvalue weighted by Gasteiger charge is 2.51. The van der Waals surface area contributed by atoms with Gasteiger partial charge in [0.15, 0.2) is 6.73 Å². The minimum absolute atomic E-state index is 0.0245. The summed E-state index contributed by atoms with van der Waals surface area (Å²) < 4.78 is 55.2. The van der Waals surface area contributed by atoms with Gasteiger partial charge in [-0.15, -0.1) is 6.58 Å². The summed E-state index contributed by atoms with van der Waals surface area (Å²) in [5, 5.41) is 9.47. The molecular formula is C47H61N4O9P. The Kier molecular flexibility index (Phi) is 17.0. The molecule has 0 N–H and O–H groups in total. The number of imidazole rings is 1. The van der Waals surface area contributed by atoms with Gasteiger partial charge in [-0.2, -0.15) is 5.26 Å². The number of methoxy groups -OCH3 is 2. The second kappa shape index (κ2) is 21.9. The van der Waals surface area contributed by atoms with Crippen LogP contribution in [0.25, 0.3) is 0 Å². The molecule has 0 bridgehead atoms. The van der Waals surface area contributed by atoms with E-state index in [0.29, 0.717) is 17.2 Å². The van der Waals surface area contributed by atoms with E-state index in [2.05, 4.69) is 45.0 Å². The predicted octanol–water partition coefficient (Wildman–Crippen LogP) is 9.13. The fourth-order valence-electron chi connectivity index (χ4n) is 7.21. The molecule has 5 atom stereocenters. The van der Waals surface area contributed by atoms with Crippen LogP contribution in [0, 0.1) is 16.7 Å².